The Morgan fingerprint density at radius 3 is 2.91 bits per heavy atom. The van der Waals surface area contributed by atoms with Crippen LogP contribution in [0.2, 0.25) is 0 Å². The van der Waals surface area contributed by atoms with E-state index < -0.39 is 4.92 Å². The Kier molecular flexibility index (Phi) is 4.44. The van der Waals surface area contributed by atoms with Gasteiger partial charge in [-0.1, -0.05) is 19.3 Å². The van der Waals surface area contributed by atoms with E-state index in [0.717, 1.165) is 25.7 Å². The zero-order valence-corrected chi connectivity index (χ0v) is 13.0. The van der Waals surface area contributed by atoms with Crippen LogP contribution in [0.5, 0.6) is 0 Å². The van der Waals surface area contributed by atoms with Gasteiger partial charge in [-0.2, -0.15) is 5.26 Å². The van der Waals surface area contributed by atoms with Crippen LogP contribution in [-0.2, 0) is 4.74 Å². The predicted molar refractivity (Wildman–Crippen MR) is 84.0 cm³/mol. The molecule has 1 saturated heterocycles. The number of aromatic nitrogens is 1. The molecule has 0 amide bonds. The van der Waals surface area contributed by atoms with Gasteiger partial charge in [-0.25, -0.2) is 4.98 Å². The van der Waals surface area contributed by atoms with Gasteiger partial charge in [0.25, 0.3) is 0 Å². The number of nitro groups is 1. The van der Waals surface area contributed by atoms with Crippen molar-refractivity contribution in [3.63, 3.8) is 0 Å². The lowest BCUT2D eigenvalue weighted by atomic mass is 9.78. The summed E-state index contributed by atoms with van der Waals surface area (Å²) in [6, 6.07) is 3.32. The van der Waals surface area contributed by atoms with Crippen molar-refractivity contribution in [1.29, 1.82) is 5.26 Å². The zero-order valence-electron chi connectivity index (χ0n) is 13.0. The predicted octanol–water partition coefficient (Wildman–Crippen LogP) is 3.16. The summed E-state index contributed by atoms with van der Waals surface area (Å²) in [7, 11) is 0. The van der Waals surface area contributed by atoms with Crippen LogP contribution in [-0.4, -0.2) is 28.2 Å². The molecule has 3 rings (SSSR count). The number of nitrogens with zero attached hydrogens (tertiary/aromatic N) is 3. The highest BCUT2D eigenvalue weighted by atomic mass is 16.6. The Hall–Kier alpha value is -2.20. The number of pyridine rings is 1. The number of rotatable bonds is 3. The normalized spacial score (nSPS) is 23.2. The first kappa shape index (κ1) is 15.7. The lowest BCUT2D eigenvalue weighted by Gasteiger charge is -2.43. The Morgan fingerprint density at radius 1 is 1.43 bits per heavy atom. The van der Waals surface area contributed by atoms with Gasteiger partial charge in [0.1, 0.15) is 11.6 Å². The molecule has 1 spiro atoms. The molecule has 1 N–H and O–H groups in total. The van der Waals surface area contributed by atoms with E-state index >= 15 is 0 Å². The van der Waals surface area contributed by atoms with E-state index in [9.17, 15) is 10.1 Å². The molecule has 1 atom stereocenters. The first-order valence-electron chi connectivity index (χ1n) is 8.07. The topological polar surface area (TPSA) is 101 Å². The maximum absolute atomic E-state index is 11.3. The van der Waals surface area contributed by atoms with Crippen LogP contribution >= 0.6 is 0 Å². The van der Waals surface area contributed by atoms with Gasteiger partial charge >= 0.3 is 5.69 Å². The van der Waals surface area contributed by atoms with E-state index in [0.29, 0.717) is 6.61 Å². The van der Waals surface area contributed by atoms with Crippen molar-refractivity contribution >= 4 is 11.5 Å². The smallest absolute Gasteiger partial charge is 0.328 e. The summed E-state index contributed by atoms with van der Waals surface area (Å²) in [4.78, 5) is 14.8. The molecule has 1 unspecified atom stereocenters. The van der Waals surface area contributed by atoms with Gasteiger partial charge in [-0.3, -0.25) is 10.1 Å². The number of anilines is 1. The third kappa shape index (κ3) is 3.27. The maximum atomic E-state index is 11.3. The number of nitrogens with one attached hydrogen (secondary N) is 1. The molecule has 1 aromatic heterocycles. The second kappa shape index (κ2) is 6.50. The van der Waals surface area contributed by atoms with Gasteiger partial charge in [-0.05, 0) is 31.7 Å². The molecule has 2 heterocycles. The van der Waals surface area contributed by atoms with Crippen LogP contribution in [0.3, 0.4) is 0 Å². The van der Waals surface area contributed by atoms with Gasteiger partial charge in [0.15, 0.2) is 0 Å². The minimum Gasteiger partial charge on any atom is -0.375 e. The molecule has 0 radical (unpaired) electrons. The summed E-state index contributed by atoms with van der Waals surface area (Å²) in [6.45, 7) is 0.656. The standard InChI is InChI=1S/C16H20N4O3/c17-11-12-4-8-18-15(14(12)20(21)22)19-13-5-9-23-16(10-13)6-2-1-3-7-16/h4,8,13H,1-3,5-7,9-10H2,(H,18,19). The highest BCUT2D eigenvalue weighted by Gasteiger charge is 2.39. The SMILES string of the molecule is N#Cc1ccnc(NC2CCOC3(CCCCC3)C2)c1[N+](=O)[O-]. The van der Waals surface area contributed by atoms with E-state index in [2.05, 4.69) is 10.3 Å². The summed E-state index contributed by atoms with van der Waals surface area (Å²) in [6.07, 6.45) is 8.77. The first-order valence-corrected chi connectivity index (χ1v) is 8.07. The van der Waals surface area contributed by atoms with Gasteiger partial charge in [-0.15, -0.1) is 0 Å². The Balaban J connectivity index is 1.79. The molecule has 1 aliphatic heterocycles. The molecule has 0 aromatic carbocycles. The van der Waals surface area contributed by atoms with Crippen LogP contribution in [0.15, 0.2) is 12.3 Å². The summed E-state index contributed by atoms with van der Waals surface area (Å²) < 4.78 is 6.05. The van der Waals surface area contributed by atoms with Gasteiger partial charge < -0.3 is 10.1 Å². The summed E-state index contributed by atoms with van der Waals surface area (Å²) in [5.74, 6) is 0.187. The fraction of sp³-hybridized carbons (Fsp3) is 0.625. The fourth-order valence-corrected chi connectivity index (χ4v) is 3.72. The zero-order chi connectivity index (χ0) is 16.3. The van der Waals surface area contributed by atoms with E-state index in [-0.39, 0.29) is 28.7 Å². The molecule has 7 heteroatoms. The molecule has 2 fully saturated rings. The molecule has 1 saturated carbocycles. The lowest BCUT2D eigenvalue weighted by Crippen LogP contribution is -2.45. The van der Waals surface area contributed by atoms with Crippen LogP contribution in [0, 0.1) is 21.4 Å². The van der Waals surface area contributed by atoms with E-state index in [1.165, 1.54) is 31.5 Å². The monoisotopic (exact) mass is 316 g/mol. The average Bonchev–Trinajstić information content (AvgIpc) is 2.55. The molecule has 2 aliphatic rings. The van der Waals surface area contributed by atoms with Gasteiger partial charge in [0.2, 0.25) is 5.82 Å². The van der Waals surface area contributed by atoms with E-state index in [1.807, 2.05) is 6.07 Å². The molecular weight excluding hydrogens is 296 g/mol. The third-order valence-electron chi connectivity index (χ3n) is 4.83. The van der Waals surface area contributed by atoms with E-state index in [1.54, 1.807) is 0 Å². The van der Waals surface area contributed by atoms with Crippen LogP contribution in [0.25, 0.3) is 0 Å². The van der Waals surface area contributed by atoms with Crippen molar-refractivity contribution < 1.29 is 9.66 Å². The van der Waals surface area contributed by atoms with Gasteiger partial charge in [0, 0.05) is 18.8 Å². The Bertz CT molecular complexity index is 629. The number of nitriles is 1. The molecule has 1 aliphatic carbocycles. The second-order valence-electron chi connectivity index (χ2n) is 6.35. The van der Waals surface area contributed by atoms with Crippen molar-refractivity contribution in [2.45, 2.75) is 56.6 Å². The van der Waals surface area contributed by atoms with E-state index in [4.69, 9.17) is 10.00 Å². The maximum Gasteiger partial charge on any atom is 0.328 e. The lowest BCUT2D eigenvalue weighted by molar-refractivity contribution is -0.384. The highest BCUT2D eigenvalue weighted by Crippen LogP contribution is 2.39. The van der Waals surface area contributed by atoms with Crippen molar-refractivity contribution in [3.8, 4) is 6.07 Å². The minimum absolute atomic E-state index is 0.0342. The Morgan fingerprint density at radius 2 is 2.22 bits per heavy atom. The molecular formula is C16H20N4O3. The average molecular weight is 316 g/mol. The summed E-state index contributed by atoms with van der Waals surface area (Å²) >= 11 is 0. The third-order valence-corrected chi connectivity index (χ3v) is 4.83. The van der Waals surface area contributed by atoms with Gasteiger partial charge in [0.05, 0.1) is 10.5 Å². The Labute approximate surface area is 134 Å². The summed E-state index contributed by atoms with van der Waals surface area (Å²) in [5.41, 5.74) is -0.290. The second-order valence-corrected chi connectivity index (χ2v) is 6.35. The largest absolute Gasteiger partial charge is 0.375 e. The number of hydrogen-bond donors (Lipinski definition) is 1. The molecule has 1 aromatic rings. The number of hydrogen-bond acceptors (Lipinski definition) is 6. The molecule has 23 heavy (non-hydrogen) atoms. The van der Waals surface area contributed by atoms with Crippen molar-refractivity contribution in [3.05, 3.63) is 27.9 Å². The van der Waals surface area contributed by atoms with Crippen molar-refractivity contribution in [2.24, 2.45) is 0 Å². The molecule has 0 bridgehead atoms. The van der Waals surface area contributed by atoms with Crippen molar-refractivity contribution in [2.75, 3.05) is 11.9 Å². The quantitative estimate of drug-likeness (QED) is 0.679. The number of ether oxygens (including phenoxy) is 1. The highest BCUT2D eigenvalue weighted by molar-refractivity contribution is 5.64. The van der Waals surface area contributed by atoms with Crippen LogP contribution < -0.4 is 5.32 Å². The molecule has 7 nitrogen and oxygen atoms in total. The van der Waals surface area contributed by atoms with Crippen LogP contribution in [0.4, 0.5) is 11.5 Å². The van der Waals surface area contributed by atoms with Crippen LogP contribution in [0.1, 0.15) is 50.5 Å². The summed E-state index contributed by atoms with van der Waals surface area (Å²) in [5, 5.41) is 23.5. The van der Waals surface area contributed by atoms with Crippen molar-refractivity contribution in [1.82, 2.24) is 4.98 Å². The first-order chi connectivity index (χ1) is 11.1. The molecule has 122 valence electrons. The minimum atomic E-state index is -0.538. The fourth-order valence-electron chi connectivity index (χ4n) is 3.72.